The van der Waals surface area contributed by atoms with Crippen LogP contribution in [-0.4, -0.2) is 29.1 Å². The van der Waals surface area contributed by atoms with Gasteiger partial charge in [0.25, 0.3) is 10.0 Å². The zero-order valence-corrected chi connectivity index (χ0v) is 31.0. The number of sulfone groups is 1. The number of halogens is 2. The molecular weight excluding hydrogens is 753 g/mol. The second kappa shape index (κ2) is 16.7. The lowest BCUT2D eigenvalue weighted by atomic mass is 10.0. The van der Waals surface area contributed by atoms with Crippen molar-refractivity contribution in [3.05, 3.63) is 160 Å². The number of methoxy groups -OCH3 is 1. The van der Waals surface area contributed by atoms with E-state index in [-0.39, 0.29) is 48.2 Å². The van der Waals surface area contributed by atoms with Crippen LogP contribution in [0.1, 0.15) is 16.7 Å². The summed E-state index contributed by atoms with van der Waals surface area (Å²) in [6.45, 7) is 0. The molecule has 266 valence electrons. The summed E-state index contributed by atoms with van der Waals surface area (Å²) in [7, 11) is -6.25. The highest BCUT2D eigenvalue weighted by atomic mass is 35.5. The van der Waals surface area contributed by atoms with Crippen molar-refractivity contribution in [2.45, 2.75) is 15.5 Å². The highest BCUT2D eigenvalue weighted by molar-refractivity contribution is 7.92. The summed E-state index contributed by atoms with van der Waals surface area (Å²) < 4.78 is 58.8. The molecule has 53 heavy (non-hydrogen) atoms. The molecular formula is C40H29Cl2N3O6S2. The van der Waals surface area contributed by atoms with E-state index in [0.29, 0.717) is 11.3 Å². The molecule has 0 heterocycles. The summed E-state index contributed by atoms with van der Waals surface area (Å²) in [6, 6.07) is 40.8. The van der Waals surface area contributed by atoms with Gasteiger partial charge in [-0.1, -0.05) is 96.0 Å². The number of ether oxygens (including phenoxy) is 1. The molecule has 0 aliphatic rings. The molecule has 0 aromatic heterocycles. The lowest BCUT2D eigenvalue weighted by Crippen LogP contribution is -2.13. The van der Waals surface area contributed by atoms with E-state index >= 15 is 0 Å². The second-order valence-corrected chi connectivity index (χ2v) is 16.0. The van der Waals surface area contributed by atoms with Crippen LogP contribution >= 0.6 is 23.2 Å². The summed E-state index contributed by atoms with van der Waals surface area (Å²) in [4.78, 5) is -0.148. The van der Waals surface area contributed by atoms with Crippen molar-refractivity contribution < 1.29 is 26.7 Å². The van der Waals surface area contributed by atoms with Gasteiger partial charge in [0.15, 0.2) is 9.84 Å². The largest absolute Gasteiger partial charge is 0.506 e. The predicted molar refractivity (Wildman–Crippen MR) is 206 cm³/mol. The van der Waals surface area contributed by atoms with Crippen LogP contribution in [0.5, 0.6) is 11.5 Å². The Morgan fingerprint density at radius 1 is 0.642 bits per heavy atom. The topological polar surface area (TPSA) is 157 Å². The average molecular weight is 783 g/mol. The normalized spacial score (nSPS) is 11.0. The maximum absolute atomic E-state index is 12.9. The molecule has 0 saturated heterocycles. The summed E-state index contributed by atoms with van der Waals surface area (Å²) in [5, 5.41) is 28.4. The molecule has 0 unspecified atom stereocenters. The van der Waals surface area contributed by atoms with E-state index < -0.39 is 19.9 Å². The van der Waals surface area contributed by atoms with Crippen molar-refractivity contribution in [2.24, 2.45) is 0 Å². The van der Waals surface area contributed by atoms with Gasteiger partial charge in [-0.05, 0) is 82.9 Å². The third-order valence-corrected chi connectivity index (χ3v) is 11.2. The van der Waals surface area contributed by atoms with Crippen LogP contribution < -0.4 is 9.46 Å². The minimum absolute atomic E-state index is 0.0127. The fourth-order valence-electron chi connectivity index (χ4n) is 5.21. The Labute approximate surface area is 317 Å². The van der Waals surface area contributed by atoms with Gasteiger partial charge in [-0.2, -0.15) is 10.5 Å². The quantitative estimate of drug-likeness (QED) is 0.138. The molecule has 6 aromatic carbocycles. The monoisotopic (exact) mass is 781 g/mol. The Bertz CT molecular complexity index is 2590. The smallest absolute Gasteiger partial charge is 0.262 e. The van der Waals surface area contributed by atoms with Gasteiger partial charge in [-0.3, -0.25) is 4.72 Å². The van der Waals surface area contributed by atoms with Crippen LogP contribution in [0.25, 0.3) is 22.3 Å². The number of nitriles is 2. The highest BCUT2D eigenvalue weighted by Crippen LogP contribution is 2.33. The lowest BCUT2D eigenvalue weighted by Gasteiger charge is -2.12. The number of benzene rings is 6. The fourth-order valence-corrected chi connectivity index (χ4v) is 8.36. The van der Waals surface area contributed by atoms with Crippen LogP contribution in [0.15, 0.2) is 143 Å². The maximum Gasteiger partial charge on any atom is 0.262 e. The molecule has 0 aliphatic carbocycles. The Balaban J connectivity index is 0.000000204. The summed E-state index contributed by atoms with van der Waals surface area (Å²) in [5.41, 5.74) is 4.39. The number of anilines is 1. The van der Waals surface area contributed by atoms with E-state index in [1.165, 1.54) is 55.6 Å². The van der Waals surface area contributed by atoms with Crippen molar-refractivity contribution in [3.63, 3.8) is 0 Å². The first kappa shape index (κ1) is 38.4. The molecule has 0 aliphatic heterocycles. The molecule has 0 spiro atoms. The summed E-state index contributed by atoms with van der Waals surface area (Å²) in [5.74, 6) is 0.0128. The number of aromatic hydroxyl groups is 1. The number of sulfonamides is 1. The maximum atomic E-state index is 12.9. The highest BCUT2D eigenvalue weighted by Gasteiger charge is 2.21. The van der Waals surface area contributed by atoms with Crippen LogP contribution in [0.3, 0.4) is 0 Å². The summed E-state index contributed by atoms with van der Waals surface area (Å²) in [6.07, 6.45) is 0. The van der Waals surface area contributed by atoms with E-state index in [2.05, 4.69) is 4.72 Å². The van der Waals surface area contributed by atoms with Crippen molar-refractivity contribution in [2.75, 3.05) is 11.8 Å². The molecule has 0 atom stereocenters. The minimum atomic E-state index is -4.04. The summed E-state index contributed by atoms with van der Waals surface area (Å²) >= 11 is 11.8. The molecule has 0 amide bonds. The zero-order chi connectivity index (χ0) is 38.2. The number of phenols is 1. The molecule has 0 bridgehead atoms. The number of rotatable bonds is 9. The van der Waals surface area contributed by atoms with Crippen molar-refractivity contribution in [1.29, 1.82) is 10.5 Å². The lowest BCUT2D eigenvalue weighted by molar-refractivity contribution is 0.411. The SMILES string of the molecule is COc1ccc(-c2ccccc2)cc1CS(=O)(=O)c1cc(Cl)cc(C#N)c1.N#Cc1cc(Cl)cc(S(=O)(=O)Nc2cc(-c3ccccc3)ccc2O)c1. The van der Waals surface area contributed by atoms with Gasteiger partial charge in [0.1, 0.15) is 11.5 Å². The van der Waals surface area contributed by atoms with Gasteiger partial charge in [0.05, 0.1) is 51.6 Å². The van der Waals surface area contributed by atoms with Crippen LogP contribution in [0, 0.1) is 22.7 Å². The molecule has 13 heteroatoms. The third-order valence-electron chi connectivity index (χ3n) is 7.75. The molecule has 6 rings (SSSR count). The molecule has 0 radical (unpaired) electrons. The van der Waals surface area contributed by atoms with Crippen molar-refractivity contribution in [3.8, 4) is 45.9 Å². The first-order valence-electron chi connectivity index (χ1n) is 15.6. The second-order valence-electron chi connectivity index (χ2n) is 11.4. The number of nitrogens with one attached hydrogen (secondary N) is 1. The Morgan fingerprint density at radius 2 is 1.15 bits per heavy atom. The van der Waals surface area contributed by atoms with E-state index in [0.717, 1.165) is 22.3 Å². The Kier molecular flexibility index (Phi) is 12.1. The van der Waals surface area contributed by atoms with Crippen LogP contribution in [0.2, 0.25) is 10.0 Å². The molecule has 6 aromatic rings. The van der Waals surface area contributed by atoms with Gasteiger partial charge in [0, 0.05) is 15.6 Å². The standard InChI is InChI=1S/C21H16ClNO3S.C19H13ClN2O3S/c1-26-21-8-7-17(16-5-3-2-4-6-16)11-18(21)14-27(24,25)20-10-15(13-23)9-19(22)12-20;20-16-8-13(12-21)9-17(11-16)26(24,25)22-18-10-15(6-7-19(18)23)14-4-2-1-3-5-14/h2-12H,14H2,1H3;1-11,22-23H. The van der Waals surface area contributed by atoms with Crippen molar-refractivity contribution in [1.82, 2.24) is 0 Å². The number of nitrogens with zero attached hydrogens (tertiary/aromatic N) is 2. The van der Waals surface area contributed by atoms with E-state index in [1.54, 1.807) is 12.1 Å². The van der Waals surface area contributed by atoms with E-state index in [4.69, 9.17) is 38.5 Å². The number of hydrogen-bond acceptors (Lipinski definition) is 8. The average Bonchev–Trinajstić information content (AvgIpc) is 3.16. The fraction of sp³-hybridized carbons (Fsp3) is 0.0500. The van der Waals surface area contributed by atoms with Gasteiger partial charge < -0.3 is 9.84 Å². The first-order chi connectivity index (χ1) is 25.3. The number of phenolic OH excluding ortho intramolecular Hbond substituents is 1. The van der Waals surface area contributed by atoms with Crippen molar-refractivity contribution >= 4 is 48.7 Å². The van der Waals surface area contributed by atoms with Crippen LogP contribution in [0.4, 0.5) is 5.69 Å². The Morgan fingerprint density at radius 3 is 1.70 bits per heavy atom. The molecule has 0 saturated carbocycles. The molecule has 9 nitrogen and oxygen atoms in total. The molecule has 0 fully saturated rings. The van der Waals surface area contributed by atoms with Gasteiger partial charge in [-0.15, -0.1) is 0 Å². The molecule has 2 N–H and O–H groups in total. The van der Waals surface area contributed by atoms with Crippen LogP contribution in [-0.2, 0) is 25.6 Å². The zero-order valence-electron chi connectivity index (χ0n) is 27.9. The number of hydrogen-bond donors (Lipinski definition) is 2. The predicted octanol–water partition coefficient (Wildman–Crippen LogP) is 9.25. The Hall–Kier alpha value is -5.82. The first-order valence-corrected chi connectivity index (χ1v) is 19.5. The minimum Gasteiger partial charge on any atom is -0.506 e. The third kappa shape index (κ3) is 9.74. The van der Waals surface area contributed by atoms with Gasteiger partial charge in [-0.25, -0.2) is 16.8 Å². The van der Waals surface area contributed by atoms with E-state index in [9.17, 15) is 21.9 Å². The van der Waals surface area contributed by atoms with Gasteiger partial charge >= 0.3 is 0 Å². The van der Waals surface area contributed by atoms with E-state index in [1.807, 2.05) is 84.9 Å². The van der Waals surface area contributed by atoms with Gasteiger partial charge in [0.2, 0.25) is 0 Å².